The minimum Gasteiger partial charge on any atom is -0.363 e. The van der Waals surface area contributed by atoms with E-state index in [9.17, 15) is 4.39 Å². The molecule has 0 fully saturated rings. The van der Waals surface area contributed by atoms with Gasteiger partial charge in [0.15, 0.2) is 0 Å². The van der Waals surface area contributed by atoms with Crippen LogP contribution in [0.4, 0.5) is 9.52 Å². The molecular weight excluding hydrogens is 263 g/mol. The van der Waals surface area contributed by atoms with Crippen molar-refractivity contribution in [2.75, 3.05) is 12.4 Å². The number of hydrogen-bond acceptors (Lipinski definition) is 5. The average molecular weight is 274 g/mol. The molecule has 3 aromatic rings. The van der Waals surface area contributed by atoms with Crippen LogP contribution in [0.3, 0.4) is 0 Å². The second-order valence-electron chi connectivity index (χ2n) is 4.14. The van der Waals surface area contributed by atoms with Gasteiger partial charge in [-0.05, 0) is 31.2 Å². The number of benzene rings is 1. The Balaban J connectivity index is 2.29. The molecule has 3 rings (SSSR count). The first-order valence-corrected chi connectivity index (χ1v) is 6.57. The third-order valence-corrected chi connectivity index (χ3v) is 3.74. The molecule has 0 atom stereocenters. The predicted molar refractivity (Wildman–Crippen MR) is 74.9 cm³/mol. The maximum absolute atomic E-state index is 13.4. The number of hydrogen-bond donors (Lipinski definition) is 1. The van der Waals surface area contributed by atoms with Crippen molar-refractivity contribution in [3.8, 4) is 10.6 Å². The minimum absolute atomic E-state index is 0.280. The lowest BCUT2D eigenvalue weighted by atomic mass is 10.1. The average Bonchev–Trinajstić information content (AvgIpc) is 2.87. The SMILES string of the molecule is CNc1nnc(-c2cc(C)nc3ccc(F)cc23)s1. The number of pyridine rings is 1. The van der Waals surface area contributed by atoms with Crippen molar-refractivity contribution in [3.63, 3.8) is 0 Å². The lowest BCUT2D eigenvalue weighted by molar-refractivity contribution is 0.629. The Kier molecular flexibility index (Phi) is 2.87. The molecule has 1 N–H and O–H groups in total. The van der Waals surface area contributed by atoms with Gasteiger partial charge in [-0.2, -0.15) is 0 Å². The van der Waals surface area contributed by atoms with Gasteiger partial charge < -0.3 is 5.32 Å². The van der Waals surface area contributed by atoms with Crippen LogP contribution in [0, 0.1) is 12.7 Å². The van der Waals surface area contributed by atoms with Crippen LogP contribution in [-0.4, -0.2) is 22.2 Å². The molecule has 0 bridgehead atoms. The smallest absolute Gasteiger partial charge is 0.205 e. The van der Waals surface area contributed by atoms with Gasteiger partial charge in [-0.15, -0.1) is 10.2 Å². The molecule has 2 heterocycles. The molecular formula is C13H11FN4S. The fourth-order valence-electron chi connectivity index (χ4n) is 1.94. The first kappa shape index (κ1) is 12.0. The van der Waals surface area contributed by atoms with Crippen LogP contribution in [0.1, 0.15) is 5.69 Å². The molecule has 0 spiro atoms. The van der Waals surface area contributed by atoms with Crippen LogP contribution < -0.4 is 5.32 Å². The molecule has 0 aliphatic rings. The minimum atomic E-state index is -0.280. The number of nitrogens with one attached hydrogen (secondary N) is 1. The zero-order valence-corrected chi connectivity index (χ0v) is 11.3. The third-order valence-electron chi connectivity index (χ3n) is 2.77. The summed E-state index contributed by atoms with van der Waals surface area (Å²) in [6, 6.07) is 6.48. The van der Waals surface area contributed by atoms with E-state index in [1.54, 1.807) is 13.1 Å². The Morgan fingerprint density at radius 2 is 2.05 bits per heavy atom. The molecule has 2 aromatic heterocycles. The van der Waals surface area contributed by atoms with Crippen LogP contribution >= 0.6 is 11.3 Å². The van der Waals surface area contributed by atoms with Crippen molar-refractivity contribution in [3.05, 3.63) is 35.8 Å². The summed E-state index contributed by atoms with van der Waals surface area (Å²) in [6.45, 7) is 1.91. The van der Waals surface area contributed by atoms with Gasteiger partial charge >= 0.3 is 0 Å². The lowest BCUT2D eigenvalue weighted by Crippen LogP contribution is -1.89. The Morgan fingerprint density at radius 1 is 1.21 bits per heavy atom. The van der Waals surface area contributed by atoms with Crippen LogP contribution in [0.25, 0.3) is 21.5 Å². The molecule has 6 heteroatoms. The maximum atomic E-state index is 13.4. The molecule has 4 nitrogen and oxygen atoms in total. The monoisotopic (exact) mass is 274 g/mol. The van der Waals surface area contributed by atoms with Gasteiger partial charge in [0, 0.05) is 23.7 Å². The summed E-state index contributed by atoms with van der Waals surface area (Å²) in [7, 11) is 1.79. The van der Waals surface area contributed by atoms with Gasteiger partial charge in [0.05, 0.1) is 5.52 Å². The number of aromatic nitrogens is 3. The summed E-state index contributed by atoms with van der Waals surface area (Å²) in [5, 5.41) is 13.3. The van der Waals surface area contributed by atoms with Gasteiger partial charge in [0.25, 0.3) is 0 Å². The Hall–Kier alpha value is -2.08. The van der Waals surface area contributed by atoms with Crippen molar-refractivity contribution in [1.29, 1.82) is 0 Å². The molecule has 0 aliphatic carbocycles. The number of aryl methyl sites for hydroxylation is 1. The van der Waals surface area contributed by atoms with Gasteiger partial charge in [-0.1, -0.05) is 11.3 Å². The van der Waals surface area contributed by atoms with E-state index in [0.717, 1.165) is 32.3 Å². The van der Waals surface area contributed by atoms with Crippen molar-refractivity contribution in [2.45, 2.75) is 6.92 Å². The van der Waals surface area contributed by atoms with E-state index in [-0.39, 0.29) is 5.82 Å². The first-order chi connectivity index (χ1) is 9.17. The fourth-order valence-corrected chi connectivity index (χ4v) is 2.67. The largest absolute Gasteiger partial charge is 0.363 e. The van der Waals surface area contributed by atoms with E-state index in [1.807, 2.05) is 13.0 Å². The molecule has 0 saturated carbocycles. The molecule has 0 radical (unpaired) electrons. The van der Waals surface area contributed by atoms with Gasteiger partial charge in [0.1, 0.15) is 10.8 Å². The van der Waals surface area contributed by atoms with Crippen molar-refractivity contribution in [2.24, 2.45) is 0 Å². The van der Waals surface area contributed by atoms with Gasteiger partial charge in [0.2, 0.25) is 5.13 Å². The number of fused-ring (bicyclic) bond motifs is 1. The Bertz CT molecular complexity index is 753. The second kappa shape index (κ2) is 4.55. The molecule has 0 aliphatic heterocycles. The second-order valence-corrected chi connectivity index (χ2v) is 5.11. The lowest BCUT2D eigenvalue weighted by Gasteiger charge is -2.05. The highest BCUT2D eigenvalue weighted by Gasteiger charge is 2.12. The van der Waals surface area contributed by atoms with Crippen molar-refractivity contribution >= 4 is 27.4 Å². The predicted octanol–water partition coefficient (Wildman–Crippen LogP) is 3.24. The van der Waals surface area contributed by atoms with Gasteiger partial charge in [-0.3, -0.25) is 4.98 Å². The first-order valence-electron chi connectivity index (χ1n) is 5.76. The van der Waals surface area contributed by atoms with Crippen LogP contribution in [0.2, 0.25) is 0 Å². The summed E-state index contributed by atoms with van der Waals surface area (Å²) < 4.78 is 13.4. The van der Waals surface area contributed by atoms with E-state index in [1.165, 1.54) is 23.5 Å². The molecule has 0 unspecified atom stereocenters. The van der Waals surface area contributed by atoms with E-state index >= 15 is 0 Å². The topological polar surface area (TPSA) is 50.7 Å². The summed E-state index contributed by atoms with van der Waals surface area (Å²) in [5.41, 5.74) is 2.49. The summed E-state index contributed by atoms with van der Waals surface area (Å²) in [4.78, 5) is 4.40. The maximum Gasteiger partial charge on any atom is 0.205 e. The molecule has 19 heavy (non-hydrogen) atoms. The fraction of sp³-hybridized carbons (Fsp3) is 0.154. The zero-order chi connectivity index (χ0) is 13.4. The summed E-state index contributed by atoms with van der Waals surface area (Å²) >= 11 is 1.43. The Labute approximate surface area is 113 Å². The van der Waals surface area contributed by atoms with Crippen LogP contribution in [-0.2, 0) is 0 Å². The van der Waals surface area contributed by atoms with Gasteiger partial charge in [-0.25, -0.2) is 4.39 Å². The van der Waals surface area contributed by atoms with E-state index < -0.39 is 0 Å². The van der Waals surface area contributed by atoms with Crippen molar-refractivity contribution in [1.82, 2.24) is 15.2 Å². The number of anilines is 1. The highest BCUT2D eigenvalue weighted by atomic mass is 32.1. The zero-order valence-electron chi connectivity index (χ0n) is 10.4. The summed E-state index contributed by atoms with van der Waals surface area (Å²) in [5.74, 6) is -0.280. The highest BCUT2D eigenvalue weighted by molar-refractivity contribution is 7.18. The standard InChI is InChI=1S/C13H11FN4S/c1-7-5-10(12-17-18-13(15-2)19-12)9-6-8(14)3-4-11(9)16-7/h3-6H,1-2H3,(H,15,18). The van der Waals surface area contributed by atoms with E-state index in [0.29, 0.717) is 0 Å². The molecule has 0 amide bonds. The third kappa shape index (κ3) is 2.15. The number of halogens is 1. The quantitative estimate of drug-likeness (QED) is 0.779. The van der Waals surface area contributed by atoms with E-state index in [4.69, 9.17) is 0 Å². The normalized spacial score (nSPS) is 10.9. The molecule has 96 valence electrons. The molecule has 0 saturated heterocycles. The van der Waals surface area contributed by atoms with Crippen LogP contribution in [0.5, 0.6) is 0 Å². The van der Waals surface area contributed by atoms with E-state index in [2.05, 4.69) is 20.5 Å². The molecule has 1 aromatic carbocycles. The number of rotatable bonds is 2. The summed E-state index contributed by atoms with van der Waals surface area (Å²) in [6.07, 6.45) is 0. The van der Waals surface area contributed by atoms with Crippen molar-refractivity contribution < 1.29 is 4.39 Å². The Morgan fingerprint density at radius 3 is 2.79 bits per heavy atom. The highest BCUT2D eigenvalue weighted by Crippen LogP contribution is 2.32. The number of nitrogens with zero attached hydrogens (tertiary/aromatic N) is 3. The van der Waals surface area contributed by atoms with Crippen LogP contribution in [0.15, 0.2) is 24.3 Å².